The Labute approximate surface area is 169 Å². The second-order valence-corrected chi connectivity index (χ2v) is 6.70. The second-order valence-electron chi connectivity index (χ2n) is 6.70. The number of hydrogen-bond acceptors (Lipinski definition) is 7. The summed E-state index contributed by atoms with van der Waals surface area (Å²) >= 11 is 0. The maximum absolute atomic E-state index is 9.06. The lowest BCUT2D eigenvalue weighted by Gasteiger charge is -2.30. The molecule has 2 aromatic carbocycles. The van der Waals surface area contributed by atoms with Crippen LogP contribution in [0.2, 0.25) is 0 Å². The summed E-state index contributed by atoms with van der Waals surface area (Å²) < 4.78 is 10.9. The van der Waals surface area contributed by atoms with Crippen LogP contribution in [0.25, 0.3) is 0 Å². The van der Waals surface area contributed by atoms with E-state index >= 15 is 0 Å². The molecular weight excluding hydrogens is 366 g/mol. The first-order valence-electron chi connectivity index (χ1n) is 9.29. The molecule has 0 fully saturated rings. The number of aromatic nitrogens is 2. The molecule has 1 aliphatic heterocycles. The maximum atomic E-state index is 9.06. The van der Waals surface area contributed by atoms with Crippen molar-refractivity contribution in [1.82, 2.24) is 9.97 Å². The fourth-order valence-electron chi connectivity index (χ4n) is 3.46. The Morgan fingerprint density at radius 2 is 1.86 bits per heavy atom. The van der Waals surface area contributed by atoms with Gasteiger partial charge in [-0.2, -0.15) is 10.2 Å². The van der Waals surface area contributed by atoms with Gasteiger partial charge in [0.2, 0.25) is 5.95 Å². The summed E-state index contributed by atoms with van der Waals surface area (Å²) in [5, 5.41) is 12.2. The van der Waals surface area contributed by atoms with Gasteiger partial charge in [-0.15, -0.1) is 0 Å². The number of fused-ring (bicyclic) bond motifs is 1. The van der Waals surface area contributed by atoms with Crippen molar-refractivity contribution in [2.24, 2.45) is 0 Å². The minimum atomic E-state index is 0.496. The van der Waals surface area contributed by atoms with Crippen LogP contribution in [0.15, 0.2) is 48.7 Å². The molecule has 0 saturated heterocycles. The summed E-state index contributed by atoms with van der Waals surface area (Å²) in [6, 6.07) is 15.4. The molecule has 0 saturated carbocycles. The molecule has 29 heavy (non-hydrogen) atoms. The second kappa shape index (κ2) is 8.07. The lowest BCUT2D eigenvalue weighted by molar-refractivity contribution is 0.353. The Bertz CT molecular complexity index is 1080. The van der Waals surface area contributed by atoms with E-state index in [-0.39, 0.29) is 0 Å². The minimum absolute atomic E-state index is 0.496. The van der Waals surface area contributed by atoms with Crippen molar-refractivity contribution in [2.75, 3.05) is 31.0 Å². The van der Waals surface area contributed by atoms with Gasteiger partial charge in [0.05, 0.1) is 25.9 Å². The van der Waals surface area contributed by atoms with Crippen molar-refractivity contribution in [3.05, 3.63) is 65.4 Å². The third-order valence-corrected chi connectivity index (χ3v) is 4.93. The molecule has 0 amide bonds. The van der Waals surface area contributed by atoms with E-state index in [1.807, 2.05) is 24.3 Å². The number of nitrogens with one attached hydrogen (secondary N) is 1. The Balaban J connectivity index is 1.55. The zero-order chi connectivity index (χ0) is 20.2. The Morgan fingerprint density at radius 3 is 2.62 bits per heavy atom. The van der Waals surface area contributed by atoms with E-state index in [1.54, 1.807) is 32.5 Å². The number of nitrogens with zero attached hydrogens (tertiary/aromatic N) is 4. The van der Waals surface area contributed by atoms with Gasteiger partial charge < -0.3 is 19.7 Å². The van der Waals surface area contributed by atoms with Crippen molar-refractivity contribution in [2.45, 2.75) is 13.0 Å². The quantitative estimate of drug-likeness (QED) is 0.715. The Hall–Kier alpha value is -3.79. The molecule has 0 aliphatic carbocycles. The number of anilines is 3. The largest absolute Gasteiger partial charge is 0.493 e. The van der Waals surface area contributed by atoms with Crippen molar-refractivity contribution in [1.29, 1.82) is 5.26 Å². The molecule has 1 aromatic heterocycles. The van der Waals surface area contributed by atoms with Crippen LogP contribution in [0.4, 0.5) is 17.5 Å². The molecule has 7 heteroatoms. The molecule has 7 nitrogen and oxygen atoms in total. The topological polar surface area (TPSA) is 83.3 Å². The smallest absolute Gasteiger partial charge is 0.229 e. The Morgan fingerprint density at radius 1 is 1.07 bits per heavy atom. The predicted octanol–water partition coefficient (Wildman–Crippen LogP) is 3.67. The summed E-state index contributed by atoms with van der Waals surface area (Å²) in [4.78, 5) is 11.2. The van der Waals surface area contributed by atoms with Crippen LogP contribution in [0, 0.1) is 11.3 Å². The highest BCUT2D eigenvalue weighted by Gasteiger charge is 2.20. The van der Waals surface area contributed by atoms with Crippen molar-refractivity contribution in [3.63, 3.8) is 0 Å². The number of hydrogen-bond donors (Lipinski definition) is 1. The van der Waals surface area contributed by atoms with Crippen LogP contribution >= 0.6 is 0 Å². The van der Waals surface area contributed by atoms with E-state index in [0.717, 1.165) is 42.5 Å². The van der Waals surface area contributed by atoms with Crippen LogP contribution in [0.3, 0.4) is 0 Å². The van der Waals surface area contributed by atoms with E-state index in [1.165, 1.54) is 11.1 Å². The first-order valence-corrected chi connectivity index (χ1v) is 9.29. The summed E-state index contributed by atoms with van der Waals surface area (Å²) in [7, 11) is 3.30. The van der Waals surface area contributed by atoms with E-state index in [2.05, 4.69) is 32.3 Å². The molecule has 4 rings (SSSR count). The first kappa shape index (κ1) is 18.6. The van der Waals surface area contributed by atoms with Crippen molar-refractivity contribution < 1.29 is 9.47 Å². The average Bonchev–Trinajstić information content (AvgIpc) is 2.78. The maximum Gasteiger partial charge on any atom is 0.229 e. The van der Waals surface area contributed by atoms with E-state index in [0.29, 0.717) is 11.5 Å². The molecule has 0 bridgehead atoms. The number of benzene rings is 2. The lowest BCUT2D eigenvalue weighted by Crippen LogP contribution is -2.31. The van der Waals surface area contributed by atoms with Gasteiger partial charge in [0, 0.05) is 25.0 Å². The van der Waals surface area contributed by atoms with Crippen molar-refractivity contribution in [3.8, 4) is 17.6 Å². The monoisotopic (exact) mass is 387 g/mol. The zero-order valence-electron chi connectivity index (χ0n) is 16.3. The molecule has 146 valence electrons. The zero-order valence-corrected chi connectivity index (χ0v) is 16.3. The van der Waals surface area contributed by atoms with E-state index in [4.69, 9.17) is 14.7 Å². The fraction of sp³-hybridized carbons (Fsp3) is 0.227. The molecular formula is C22H21N5O2. The van der Waals surface area contributed by atoms with Gasteiger partial charge in [-0.05, 0) is 53.9 Å². The molecule has 2 heterocycles. The van der Waals surface area contributed by atoms with Crippen LogP contribution in [-0.2, 0) is 13.0 Å². The summed E-state index contributed by atoms with van der Waals surface area (Å²) in [5.41, 5.74) is 3.83. The minimum Gasteiger partial charge on any atom is -0.493 e. The molecule has 0 unspecified atom stereocenters. The molecule has 0 radical (unpaired) electrons. The number of nitriles is 1. The third kappa shape index (κ3) is 3.92. The molecule has 0 spiro atoms. The first-order chi connectivity index (χ1) is 14.2. The van der Waals surface area contributed by atoms with E-state index < -0.39 is 0 Å². The Kier molecular flexibility index (Phi) is 5.16. The third-order valence-electron chi connectivity index (χ3n) is 4.93. The molecule has 1 N–H and O–H groups in total. The number of methoxy groups -OCH3 is 2. The highest BCUT2D eigenvalue weighted by atomic mass is 16.5. The average molecular weight is 387 g/mol. The van der Waals surface area contributed by atoms with Crippen LogP contribution in [-0.4, -0.2) is 30.7 Å². The highest BCUT2D eigenvalue weighted by Crippen LogP contribution is 2.34. The summed E-state index contributed by atoms with van der Waals surface area (Å²) in [6.45, 7) is 1.58. The molecule has 3 aromatic rings. The van der Waals surface area contributed by atoms with Crippen molar-refractivity contribution >= 4 is 17.5 Å². The van der Waals surface area contributed by atoms with Gasteiger partial charge in [-0.25, -0.2) is 4.98 Å². The number of rotatable bonds is 5. The fourth-order valence-corrected chi connectivity index (χ4v) is 3.46. The molecule has 0 atom stereocenters. The predicted molar refractivity (Wildman–Crippen MR) is 111 cm³/mol. The van der Waals surface area contributed by atoms with Crippen LogP contribution in [0.5, 0.6) is 11.5 Å². The summed E-state index contributed by atoms with van der Waals surface area (Å²) in [6.07, 6.45) is 2.63. The van der Waals surface area contributed by atoms with Crippen LogP contribution < -0.4 is 19.7 Å². The van der Waals surface area contributed by atoms with Gasteiger partial charge in [0.25, 0.3) is 0 Å². The van der Waals surface area contributed by atoms with E-state index in [9.17, 15) is 0 Å². The molecule has 1 aliphatic rings. The normalized spacial score (nSPS) is 12.7. The number of ether oxygens (including phenoxy) is 2. The SMILES string of the molecule is COc1cc2c(cc1OC)CN(c1ccnc(Nc3cccc(C#N)c3)n1)CC2. The van der Waals surface area contributed by atoms with Crippen LogP contribution in [0.1, 0.15) is 16.7 Å². The van der Waals surface area contributed by atoms with Gasteiger partial charge in [0.1, 0.15) is 5.82 Å². The van der Waals surface area contributed by atoms with Gasteiger partial charge >= 0.3 is 0 Å². The highest BCUT2D eigenvalue weighted by molar-refractivity contribution is 5.58. The lowest BCUT2D eigenvalue weighted by atomic mass is 9.99. The van der Waals surface area contributed by atoms with Gasteiger partial charge in [-0.3, -0.25) is 0 Å². The van der Waals surface area contributed by atoms with Gasteiger partial charge in [-0.1, -0.05) is 6.07 Å². The standard InChI is InChI=1S/C22H21N5O2/c1-28-19-11-16-7-9-27(14-17(16)12-20(19)29-2)21-6-8-24-22(26-21)25-18-5-3-4-15(10-18)13-23/h3-6,8,10-12H,7,9,14H2,1-2H3,(H,24,25,26). The van der Waals surface area contributed by atoms with Gasteiger partial charge in [0.15, 0.2) is 11.5 Å². The summed E-state index contributed by atoms with van der Waals surface area (Å²) in [5.74, 6) is 2.83.